The standard InChI is InChI=1S/C14H17NO.ClH/c1-14(2,13-6-4-3-5-7-13)15-10-12-8-9-16-11-12;/h3-9,11,15H,10H2,1-2H3;1H. The van der Waals surface area contributed by atoms with Crippen molar-refractivity contribution in [3.63, 3.8) is 0 Å². The second-order valence-corrected chi connectivity index (χ2v) is 4.48. The Morgan fingerprint density at radius 2 is 1.82 bits per heavy atom. The number of benzene rings is 1. The molecule has 1 aromatic heterocycles. The van der Waals surface area contributed by atoms with Gasteiger partial charge < -0.3 is 9.73 Å². The Labute approximate surface area is 108 Å². The van der Waals surface area contributed by atoms with Crippen LogP contribution in [0, 0.1) is 0 Å². The van der Waals surface area contributed by atoms with Gasteiger partial charge in [-0.1, -0.05) is 30.3 Å². The van der Waals surface area contributed by atoms with E-state index in [0.717, 1.165) is 6.54 Å². The summed E-state index contributed by atoms with van der Waals surface area (Å²) in [5.41, 5.74) is 2.43. The molecule has 0 aliphatic rings. The van der Waals surface area contributed by atoms with Crippen molar-refractivity contribution >= 4 is 12.4 Å². The van der Waals surface area contributed by atoms with Crippen molar-refractivity contribution in [2.75, 3.05) is 0 Å². The van der Waals surface area contributed by atoms with Crippen LogP contribution in [0.25, 0.3) is 0 Å². The van der Waals surface area contributed by atoms with Crippen molar-refractivity contribution in [2.24, 2.45) is 0 Å². The lowest BCUT2D eigenvalue weighted by molar-refractivity contribution is 0.400. The molecular weight excluding hydrogens is 234 g/mol. The first-order valence-electron chi connectivity index (χ1n) is 5.50. The average Bonchev–Trinajstić information content (AvgIpc) is 2.81. The molecular formula is C14H18ClNO. The van der Waals surface area contributed by atoms with Crippen LogP contribution in [0.5, 0.6) is 0 Å². The summed E-state index contributed by atoms with van der Waals surface area (Å²) >= 11 is 0. The Balaban J connectivity index is 0.00000144. The first kappa shape index (κ1) is 13.8. The van der Waals surface area contributed by atoms with Crippen molar-refractivity contribution in [3.8, 4) is 0 Å². The van der Waals surface area contributed by atoms with Gasteiger partial charge >= 0.3 is 0 Å². The average molecular weight is 252 g/mol. The third-order valence-electron chi connectivity index (χ3n) is 2.81. The van der Waals surface area contributed by atoms with Gasteiger partial charge in [0.1, 0.15) is 0 Å². The molecule has 0 fully saturated rings. The highest BCUT2D eigenvalue weighted by molar-refractivity contribution is 5.85. The summed E-state index contributed by atoms with van der Waals surface area (Å²) in [6, 6.07) is 12.4. The van der Waals surface area contributed by atoms with E-state index >= 15 is 0 Å². The highest BCUT2D eigenvalue weighted by Crippen LogP contribution is 2.20. The Morgan fingerprint density at radius 3 is 2.41 bits per heavy atom. The first-order valence-corrected chi connectivity index (χ1v) is 5.50. The zero-order valence-electron chi connectivity index (χ0n) is 10.1. The van der Waals surface area contributed by atoms with E-state index in [-0.39, 0.29) is 17.9 Å². The van der Waals surface area contributed by atoms with Gasteiger partial charge in [0.15, 0.2) is 0 Å². The summed E-state index contributed by atoms with van der Waals surface area (Å²) in [7, 11) is 0. The Hall–Kier alpha value is -1.25. The minimum absolute atomic E-state index is 0. The molecule has 3 heteroatoms. The smallest absolute Gasteiger partial charge is 0.0947 e. The summed E-state index contributed by atoms with van der Waals surface area (Å²) < 4.78 is 5.05. The van der Waals surface area contributed by atoms with Gasteiger partial charge in [-0.3, -0.25) is 0 Å². The molecule has 0 saturated heterocycles. The molecule has 2 rings (SSSR count). The van der Waals surface area contributed by atoms with E-state index in [0.29, 0.717) is 0 Å². The fraction of sp³-hybridized carbons (Fsp3) is 0.286. The van der Waals surface area contributed by atoms with E-state index in [2.05, 4.69) is 43.4 Å². The van der Waals surface area contributed by atoms with E-state index in [1.165, 1.54) is 11.1 Å². The van der Waals surface area contributed by atoms with E-state index in [4.69, 9.17) is 4.42 Å². The van der Waals surface area contributed by atoms with Gasteiger partial charge in [-0.15, -0.1) is 12.4 Å². The summed E-state index contributed by atoms with van der Waals surface area (Å²) in [6.45, 7) is 5.18. The maximum Gasteiger partial charge on any atom is 0.0947 e. The van der Waals surface area contributed by atoms with Crippen molar-refractivity contribution in [3.05, 3.63) is 60.1 Å². The molecule has 17 heavy (non-hydrogen) atoms. The molecule has 0 spiro atoms. The van der Waals surface area contributed by atoms with E-state index in [9.17, 15) is 0 Å². The number of nitrogens with one attached hydrogen (secondary N) is 1. The maximum atomic E-state index is 5.05. The van der Waals surface area contributed by atoms with Gasteiger partial charge in [0.2, 0.25) is 0 Å². The SMILES string of the molecule is CC(C)(NCc1ccoc1)c1ccccc1.Cl. The number of halogens is 1. The molecule has 0 radical (unpaired) electrons. The Bertz CT molecular complexity index is 423. The normalized spacial score (nSPS) is 10.9. The largest absolute Gasteiger partial charge is 0.472 e. The van der Waals surface area contributed by atoms with Crippen LogP contribution in [-0.4, -0.2) is 0 Å². The molecule has 0 aliphatic heterocycles. The monoisotopic (exact) mass is 251 g/mol. The fourth-order valence-electron chi connectivity index (χ4n) is 1.67. The van der Waals surface area contributed by atoms with Crippen LogP contribution in [-0.2, 0) is 12.1 Å². The van der Waals surface area contributed by atoms with Gasteiger partial charge in [0.25, 0.3) is 0 Å². The van der Waals surface area contributed by atoms with Crippen molar-refractivity contribution in [1.82, 2.24) is 5.32 Å². The van der Waals surface area contributed by atoms with Crippen molar-refractivity contribution < 1.29 is 4.42 Å². The van der Waals surface area contributed by atoms with Crippen LogP contribution < -0.4 is 5.32 Å². The Morgan fingerprint density at radius 1 is 1.12 bits per heavy atom. The molecule has 92 valence electrons. The van der Waals surface area contributed by atoms with Crippen LogP contribution in [0.1, 0.15) is 25.0 Å². The van der Waals surface area contributed by atoms with Gasteiger partial charge in [-0.25, -0.2) is 0 Å². The summed E-state index contributed by atoms with van der Waals surface area (Å²) in [5.74, 6) is 0. The first-order chi connectivity index (χ1) is 7.68. The molecule has 1 aromatic carbocycles. The van der Waals surface area contributed by atoms with Crippen LogP contribution in [0.15, 0.2) is 53.3 Å². The van der Waals surface area contributed by atoms with Crippen molar-refractivity contribution in [2.45, 2.75) is 25.9 Å². The van der Waals surface area contributed by atoms with Crippen molar-refractivity contribution in [1.29, 1.82) is 0 Å². The van der Waals surface area contributed by atoms with E-state index in [1.807, 2.05) is 12.1 Å². The van der Waals surface area contributed by atoms with Crippen LogP contribution >= 0.6 is 12.4 Å². The number of furan rings is 1. The minimum atomic E-state index is -0.0292. The predicted molar refractivity (Wildman–Crippen MR) is 72.3 cm³/mol. The molecule has 2 aromatic rings. The molecule has 1 heterocycles. The second-order valence-electron chi connectivity index (χ2n) is 4.48. The molecule has 0 atom stereocenters. The highest BCUT2D eigenvalue weighted by atomic mass is 35.5. The highest BCUT2D eigenvalue weighted by Gasteiger charge is 2.18. The van der Waals surface area contributed by atoms with Gasteiger partial charge in [-0.05, 0) is 25.5 Å². The molecule has 0 unspecified atom stereocenters. The molecule has 1 N–H and O–H groups in total. The lowest BCUT2D eigenvalue weighted by atomic mass is 9.94. The lowest BCUT2D eigenvalue weighted by Gasteiger charge is -2.26. The van der Waals surface area contributed by atoms with E-state index in [1.54, 1.807) is 12.5 Å². The van der Waals surface area contributed by atoms with E-state index < -0.39 is 0 Å². The van der Waals surface area contributed by atoms with Gasteiger partial charge in [0.05, 0.1) is 12.5 Å². The predicted octanol–water partition coefficient (Wildman–Crippen LogP) is 3.73. The molecule has 0 bridgehead atoms. The van der Waals surface area contributed by atoms with Crippen LogP contribution in [0.3, 0.4) is 0 Å². The molecule has 0 saturated carbocycles. The molecule has 0 aliphatic carbocycles. The summed E-state index contributed by atoms with van der Waals surface area (Å²) in [4.78, 5) is 0. The third kappa shape index (κ3) is 3.62. The summed E-state index contributed by atoms with van der Waals surface area (Å²) in [6.07, 6.45) is 3.47. The zero-order chi connectivity index (χ0) is 11.4. The topological polar surface area (TPSA) is 25.2 Å². The quantitative estimate of drug-likeness (QED) is 0.896. The van der Waals surface area contributed by atoms with Crippen LogP contribution in [0.4, 0.5) is 0 Å². The fourth-order valence-corrected chi connectivity index (χ4v) is 1.67. The van der Waals surface area contributed by atoms with Gasteiger partial charge in [-0.2, -0.15) is 0 Å². The number of rotatable bonds is 4. The second kappa shape index (κ2) is 5.89. The molecule has 2 nitrogen and oxygen atoms in total. The molecule has 0 amide bonds. The van der Waals surface area contributed by atoms with Gasteiger partial charge in [0, 0.05) is 17.6 Å². The zero-order valence-corrected chi connectivity index (χ0v) is 11.0. The van der Waals surface area contributed by atoms with Crippen LogP contribution in [0.2, 0.25) is 0 Å². The minimum Gasteiger partial charge on any atom is -0.472 e. The lowest BCUT2D eigenvalue weighted by Crippen LogP contribution is -2.35. The number of hydrogen-bond donors (Lipinski definition) is 1. The Kier molecular flexibility index (Phi) is 4.79. The maximum absolute atomic E-state index is 5.05. The third-order valence-corrected chi connectivity index (χ3v) is 2.81. The number of hydrogen-bond acceptors (Lipinski definition) is 2. The summed E-state index contributed by atoms with van der Waals surface area (Å²) in [5, 5.41) is 3.52.